The van der Waals surface area contributed by atoms with Crippen LogP contribution in [-0.4, -0.2) is 42.7 Å². The van der Waals surface area contributed by atoms with Crippen molar-refractivity contribution in [1.82, 2.24) is 4.90 Å². The number of hydrogen-bond donors (Lipinski definition) is 1. The Morgan fingerprint density at radius 1 is 1.50 bits per heavy atom. The number of ether oxygens (including phenoxy) is 1. The highest BCUT2D eigenvalue weighted by molar-refractivity contribution is 5.80. The minimum atomic E-state index is 0.499. The minimum absolute atomic E-state index is 0.499. The molecule has 2 unspecified atom stereocenters. The molecule has 2 atom stereocenters. The maximum absolute atomic E-state index is 6.00. The topological polar surface area (TPSA) is 50.8 Å². The van der Waals surface area contributed by atoms with Gasteiger partial charge in [0.05, 0.1) is 12.6 Å². The van der Waals surface area contributed by atoms with Crippen molar-refractivity contribution < 1.29 is 4.74 Å². The lowest BCUT2D eigenvalue weighted by molar-refractivity contribution is 0.0394. The van der Waals surface area contributed by atoms with E-state index in [4.69, 9.17) is 10.5 Å². The highest BCUT2D eigenvalue weighted by atomic mass is 16.5. The first-order valence-electron chi connectivity index (χ1n) is 6.40. The Hall–Kier alpha value is -0.770. The van der Waals surface area contributed by atoms with Crippen molar-refractivity contribution in [2.45, 2.75) is 45.2 Å². The molecule has 2 rings (SSSR count). The summed E-state index contributed by atoms with van der Waals surface area (Å²) in [7, 11) is 0. The van der Waals surface area contributed by atoms with Gasteiger partial charge in [-0.1, -0.05) is 6.92 Å². The second-order valence-electron chi connectivity index (χ2n) is 4.88. The molecule has 1 saturated heterocycles. The number of nitrogens with zero attached hydrogens (tertiary/aromatic N) is 2. The van der Waals surface area contributed by atoms with Gasteiger partial charge in [-0.3, -0.25) is 4.99 Å². The van der Waals surface area contributed by atoms with E-state index in [0.29, 0.717) is 18.0 Å². The van der Waals surface area contributed by atoms with Crippen molar-refractivity contribution in [1.29, 1.82) is 0 Å². The fourth-order valence-electron chi connectivity index (χ4n) is 2.75. The van der Waals surface area contributed by atoms with Crippen LogP contribution in [0.5, 0.6) is 0 Å². The molecule has 0 radical (unpaired) electrons. The zero-order valence-corrected chi connectivity index (χ0v) is 10.4. The van der Waals surface area contributed by atoms with Gasteiger partial charge in [-0.15, -0.1) is 0 Å². The first kappa shape index (κ1) is 11.7. The molecule has 2 heterocycles. The zero-order valence-electron chi connectivity index (χ0n) is 10.4. The summed E-state index contributed by atoms with van der Waals surface area (Å²) in [5.74, 6) is 1.44. The Bertz CT molecular complexity index is 261. The Kier molecular flexibility index (Phi) is 3.69. The molecule has 0 saturated carbocycles. The normalized spacial score (nSPS) is 29.2. The molecule has 0 bridgehead atoms. The van der Waals surface area contributed by atoms with E-state index in [1.54, 1.807) is 0 Å². The zero-order chi connectivity index (χ0) is 11.5. The molecular formula is C12H23N3O. The summed E-state index contributed by atoms with van der Waals surface area (Å²) in [5, 5.41) is 0. The molecule has 4 heteroatoms. The highest BCUT2D eigenvalue weighted by Crippen LogP contribution is 2.27. The number of hydrogen-bond acceptors (Lipinski definition) is 4. The van der Waals surface area contributed by atoms with Gasteiger partial charge in [0.15, 0.2) is 5.96 Å². The summed E-state index contributed by atoms with van der Waals surface area (Å²) >= 11 is 0. The van der Waals surface area contributed by atoms with Crippen LogP contribution in [0.3, 0.4) is 0 Å². The second kappa shape index (κ2) is 5.04. The van der Waals surface area contributed by atoms with Crippen LogP contribution in [0.4, 0.5) is 0 Å². The van der Waals surface area contributed by atoms with Crippen molar-refractivity contribution in [3.8, 4) is 0 Å². The quantitative estimate of drug-likeness (QED) is 0.785. The Morgan fingerprint density at radius 3 is 2.81 bits per heavy atom. The number of guanidine groups is 1. The van der Waals surface area contributed by atoms with Crippen molar-refractivity contribution in [3.05, 3.63) is 0 Å². The number of nitrogens with two attached hydrogens (primary N) is 1. The maximum Gasteiger partial charge on any atom is 0.191 e. The summed E-state index contributed by atoms with van der Waals surface area (Å²) in [6.45, 7) is 7.11. The van der Waals surface area contributed by atoms with Crippen molar-refractivity contribution in [3.63, 3.8) is 0 Å². The van der Waals surface area contributed by atoms with Crippen LogP contribution in [0.1, 0.15) is 33.1 Å². The third-order valence-electron chi connectivity index (χ3n) is 3.94. The fraction of sp³-hybridized carbons (Fsp3) is 0.917. The molecule has 0 aliphatic carbocycles. The van der Waals surface area contributed by atoms with Crippen LogP contribution in [0.2, 0.25) is 0 Å². The summed E-state index contributed by atoms with van der Waals surface area (Å²) in [4.78, 5) is 6.75. The third-order valence-corrected chi connectivity index (χ3v) is 3.94. The third kappa shape index (κ3) is 2.17. The van der Waals surface area contributed by atoms with E-state index >= 15 is 0 Å². The monoisotopic (exact) mass is 225 g/mol. The first-order valence-corrected chi connectivity index (χ1v) is 6.40. The lowest BCUT2D eigenvalue weighted by atomic mass is 9.90. The highest BCUT2D eigenvalue weighted by Gasteiger charge is 2.35. The molecule has 16 heavy (non-hydrogen) atoms. The van der Waals surface area contributed by atoms with Gasteiger partial charge >= 0.3 is 0 Å². The average molecular weight is 225 g/mol. The van der Waals surface area contributed by atoms with E-state index in [-0.39, 0.29) is 0 Å². The molecule has 0 aromatic carbocycles. The predicted molar refractivity (Wildman–Crippen MR) is 65.4 cm³/mol. The van der Waals surface area contributed by atoms with Crippen LogP contribution >= 0.6 is 0 Å². The lowest BCUT2D eigenvalue weighted by Crippen LogP contribution is -2.50. The molecule has 0 aromatic rings. The molecule has 4 nitrogen and oxygen atoms in total. The molecule has 0 aromatic heterocycles. The molecule has 2 aliphatic rings. The molecule has 1 fully saturated rings. The second-order valence-corrected chi connectivity index (χ2v) is 4.88. The first-order chi connectivity index (χ1) is 7.74. The molecule has 2 N–H and O–H groups in total. The summed E-state index contributed by atoms with van der Waals surface area (Å²) < 4.78 is 5.42. The number of rotatable bonds is 3. The Morgan fingerprint density at radius 2 is 2.19 bits per heavy atom. The van der Waals surface area contributed by atoms with E-state index in [9.17, 15) is 0 Å². The summed E-state index contributed by atoms with van der Waals surface area (Å²) in [5.41, 5.74) is 6.00. The van der Waals surface area contributed by atoms with Gasteiger partial charge in [0.25, 0.3) is 0 Å². The van der Waals surface area contributed by atoms with E-state index in [1.165, 1.54) is 0 Å². The Labute approximate surface area is 97.9 Å². The standard InChI is InChI=1S/C12H23N3O/c1-3-9(2)15-11(8-14-12(15)13)10-4-6-16-7-5-10/h9-11H,3-8H2,1-2H3,(H2,13,14). The SMILES string of the molecule is CCC(C)N1C(N)=NCC1C1CCOCC1. The molecular weight excluding hydrogens is 202 g/mol. The van der Waals surface area contributed by atoms with Gasteiger partial charge in [0.1, 0.15) is 0 Å². The maximum atomic E-state index is 6.00. The molecule has 0 amide bonds. The fourth-order valence-corrected chi connectivity index (χ4v) is 2.75. The van der Waals surface area contributed by atoms with E-state index in [0.717, 1.165) is 45.0 Å². The molecule has 0 spiro atoms. The van der Waals surface area contributed by atoms with E-state index in [2.05, 4.69) is 23.7 Å². The summed E-state index contributed by atoms with van der Waals surface area (Å²) in [6, 6.07) is 1.01. The van der Waals surface area contributed by atoms with Gasteiger partial charge in [0.2, 0.25) is 0 Å². The van der Waals surface area contributed by atoms with Crippen LogP contribution < -0.4 is 5.73 Å². The van der Waals surface area contributed by atoms with Crippen molar-refractivity contribution in [2.24, 2.45) is 16.6 Å². The van der Waals surface area contributed by atoms with Crippen LogP contribution in [0.25, 0.3) is 0 Å². The van der Waals surface area contributed by atoms with Crippen LogP contribution in [-0.2, 0) is 4.74 Å². The van der Waals surface area contributed by atoms with E-state index < -0.39 is 0 Å². The predicted octanol–water partition coefficient (Wildman–Crippen LogP) is 1.21. The smallest absolute Gasteiger partial charge is 0.191 e. The molecule has 2 aliphatic heterocycles. The largest absolute Gasteiger partial charge is 0.381 e. The Balaban J connectivity index is 2.03. The number of aliphatic imine (C=N–C) groups is 1. The van der Waals surface area contributed by atoms with Gasteiger partial charge in [0, 0.05) is 19.3 Å². The van der Waals surface area contributed by atoms with Gasteiger partial charge in [-0.25, -0.2) is 0 Å². The van der Waals surface area contributed by atoms with Crippen molar-refractivity contribution >= 4 is 5.96 Å². The molecule has 92 valence electrons. The van der Waals surface area contributed by atoms with Gasteiger partial charge in [-0.05, 0) is 32.1 Å². The summed E-state index contributed by atoms with van der Waals surface area (Å²) in [6.07, 6.45) is 3.43. The van der Waals surface area contributed by atoms with Gasteiger partial charge in [-0.2, -0.15) is 0 Å². The van der Waals surface area contributed by atoms with Gasteiger partial charge < -0.3 is 15.4 Å². The van der Waals surface area contributed by atoms with Crippen molar-refractivity contribution in [2.75, 3.05) is 19.8 Å². The average Bonchev–Trinajstić information content (AvgIpc) is 2.71. The lowest BCUT2D eigenvalue weighted by Gasteiger charge is -2.38. The minimum Gasteiger partial charge on any atom is -0.381 e. The van der Waals surface area contributed by atoms with Crippen LogP contribution in [0, 0.1) is 5.92 Å². The van der Waals surface area contributed by atoms with Crippen LogP contribution in [0.15, 0.2) is 4.99 Å². The van der Waals surface area contributed by atoms with E-state index in [1.807, 2.05) is 0 Å².